The number of hydrogen-bond donors (Lipinski definition) is 1. The number of carbonyl (C=O) groups is 2. The molecular formula is C38H66F4N2O2. The van der Waals surface area contributed by atoms with Gasteiger partial charge in [-0.15, -0.1) is 0 Å². The third kappa shape index (κ3) is 25.8. The molecular weight excluding hydrogens is 592 g/mol. The van der Waals surface area contributed by atoms with E-state index in [9.17, 15) is 27.2 Å². The largest absolute Gasteiger partial charge is 0.416 e. The number of Topliss-reactive ketones (excluding diaryl/α,β-unsaturated/α-hetero) is 2. The molecule has 0 bridgehead atoms. The van der Waals surface area contributed by atoms with Gasteiger partial charge in [-0.25, -0.2) is 4.39 Å². The second-order valence-electron chi connectivity index (χ2n) is 12.3. The van der Waals surface area contributed by atoms with Gasteiger partial charge in [0.15, 0.2) is 5.78 Å². The van der Waals surface area contributed by atoms with Gasteiger partial charge in [0, 0.05) is 26.1 Å². The lowest BCUT2D eigenvalue weighted by molar-refractivity contribution is -0.137. The molecule has 1 fully saturated rings. The summed E-state index contributed by atoms with van der Waals surface area (Å²) in [5.41, 5.74) is -0.238. The number of piperidine rings is 1. The van der Waals surface area contributed by atoms with Gasteiger partial charge in [0.1, 0.15) is 11.5 Å². The fourth-order valence-electron chi connectivity index (χ4n) is 4.17. The molecule has 0 radical (unpaired) electrons. The van der Waals surface area contributed by atoms with E-state index in [0.717, 1.165) is 30.6 Å². The molecule has 8 heteroatoms. The molecule has 0 spiro atoms. The van der Waals surface area contributed by atoms with Gasteiger partial charge in [0.2, 0.25) is 0 Å². The van der Waals surface area contributed by atoms with Crippen LogP contribution in [0.4, 0.5) is 17.6 Å². The Morgan fingerprint density at radius 3 is 1.59 bits per heavy atom. The number of nitrogens with zero attached hydrogens (tertiary/aromatic N) is 1. The highest BCUT2D eigenvalue weighted by molar-refractivity contribution is 6.43. The van der Waals surface area contributed by atoms with Gasteiger partial charge in [-0.05, 0) is 102 Å². The number of rotatable bonds is 9. The summed E-state index contributed by atoms with van der Waals surface area (Å²) in [6.45, 7) is 21.8. The predicted octanol–water partition coefficient (Wildman–Crippen LogP) is 11.6. The highest BCUT2D eigenvalue weighted by atomic mass is 19.4. The number of hydrogen-bond acceptors (Lipinski definition) is 4. The van der Waals surface area contributed by atoms with Crippen molar-refractivity contribution in [3.8, 4) is 0 Å². The van der Waals surface area contributed by atoms with Gasteiger partial charge >= 0.3 is 6.18 Å². The monoisotopic (exact) mass is 659 g/mol. The molecule has 4 nitrogen and oxygen atoms in total. The van der Waals surface area contributed by atoms with E-state index in [-0.39, 0.29) is 17.1 Å². The Bertz CT molecular complexity index is 976. The Kier molecular flexibility index (Phi) is 27.9. The van der Waals surface area contributed by atoms with E-state index in [4.69, 9.17) is 0 Å². The summed E-state index contributed by atoms with van der Waals surface area (Å²) in [7, 11) is 1.64. The topological polar surface area (TPSA) is 58.5 Å². The normalized spacial score (nSPS) is 16.6. The molecule has 1 heterocycles. The molecule has 1 aliphatic heterocycles. The van der Waals surface area contributed by atoms with Crippen molar-refractivity contribution in [2.45, 2.75) is 171 Å². The minimum Gasteiger partial charge on any atom is -0.311 e. The fourth-order valence-corrected chi connectivity index (χ4v) is 4.17. The number of unbranched alkanes of at least 4 members (excludes halogenated alkanes) is 2. The maximum atomic E-state index is 13.6. The summed E-state index contributed by atoms with van der Waals surface area (Å²) < 4.78 is 51.3. The average Bonchev–Trinajstić information content (AvgIpc) is 2.99. The van der Waals surface area contributed by atoms with Crippen LogP contribution >= 0.6 is 0 Å². The summed E-state index contributed by atoms with van der Waals surface area (Å²) in [5.74, 6) is 0.195. The van der Waals surface area contributed by atoms with Crippen molar-refractivity contribution in [1.29, 1.82) is 0 Å². The van der Waals surface area contributed by atoms with Gasteiger partial charge in [-0.1, -0.05) is 78.9 Å². The molecule has 1 saturated heterocycles. The Labute approximate surface area is 279 Å². The van der Waals surface area contributed by atoms with Gasteiger partial charge in [-0.3, -0.25) is 9.79 Å². The van der Waals surface area contributed by atoms with Crippen molar-refractivity contribution in [3.63, 3.8) is 0 Å². The smallest absolute Gasteiger partial charge is 0.311 e. The van der Waals surface area contributed by atoms with Crippen LogP contribution < -0.4 is 5.32 Å². The molecule has 1 aromatic carbocycles. The lowest BCUT2D eigenvalue weighted by atomic mass is 9.94. The molecule has 0 amide bonds. The first-order chi connectivity index (χ1) is 21.3. The molecule has 1 aliphatic rings. The third-order valence-electron chi connectivity index (χ3n) is 7.23. The minimum atomic E-state index is -4.43. The molecule has 1 N–H and O–H groups in total. The van der Waals surface area contributed by atoms with Crippen molar-refractivity contribution in [2.75, 3.05) is 7.05 Å². The minimum absolute atomic E-state index is 0.0281. The van der Waals surface area contributed by atoms with E-state index in [0.29, 0.717) is 17.7 Å². The lowest BCUT2D eigenvalue weighted by Crippen LogP contribution is -2.41. The van der Waals surface area contributed by atoms with Crippen LogP contribution in [0.1, 0.15) is 158 Å². The van der Waals surface area contributed by atoms with Crippen molar-refractivity contribution in [1.82, 2.24) is 5.32 Å². The van der Waals surface area contributed by atoms with Gasteiger partial charge in [0.05, 0.1) is 11.3 Å². The van der Waals surface area contributed by atoms with Crippen LogP contribution in [0.25, 0.3) is 0 Å². The maximum Gasteiger partial charge on any atom is 0.416 e. The second-order valence-corrected chi connectivity index (χ2v) is 12.3. The summed E-state index contributed by atoms with van der Waals surface area (Å²) in [4.78, 5) is 24.2. The molecule has 0 saturated carbocycles. The zero-order valence-electron chi connectivity index (χ0n) is 31.3. The first-order valence-corrected chi connectivity index (χ1v) is 17.1. The molecule has 0 aliphatic carbocycles. The summed E-state index contributed by atoms with van der Waals surface area (Å²) in [5, 5.41) is 3.65. The van der Waals surface area contributed by atoms with Gasteiger partial charge in [-0.2, -0.15) is 13.2 Å². The number of aryl methyl sites for hydroxylation is 1. The highest BCUT2D eigenvalue weighted by Gasteiger charge is 2.32. The van der Waals surface area contributed by atoms with Crippen molar-refractivity contribution < 1.29 is 27.2 Å². The predicted molar refractivity (Wildman–Crippen MR) is 190 cm³/mol. The molecule has 2 rings (SSSR count). The molecule has 46 heavy (non-hydrogen) atoms. The molecule has 1 aromatic rings. The molecule has 2 unspecified atom stereocenters. The van der Waals surface area contributed by atoms with Gasteiger partial charge < -0.3 is 10.1 Å². The summed E-state index contributed by atoms with van der Waals surface area (Å²) >= 11 is 0. The lowest BCUT2D eigenvalue weighted by Gasteiger charge is -2.29. The highest BCUT2D eigenvalue weighted by Crippen LogP contribution is 2.34. The number of halogens is 4. The van der Waals surface area contributed by atoms with E-state index < -0.39 is 17.4 Å². The van der Waals surface area contributed by atoms with Crippen molar-refractivity contribution in [3.05, 3.63) is 46.5 Å². The van der Waals surface area contributed by atoms with Crippen LogP contribution in [0, 0.1) is 0 Å². The first-order valence-electron chi connectivity index (χ1n) is 17.1. The van der Waals surface area contributed by atoms with Gasteiger partial charge in [0.25, 0.3) is 0 Å². The van der Waals surface area contributed by atoms with Crippen LogP contribution in [-0.4, -0.2) is 36.4 Å². The van der Waals surface area contributed by atoms with E-state index >= 15 is 0 Å². The Morgan fingerprint density at radius 1 is 0.848 bits per heavy atom. The van der Waals surface area contributed by atoms with E-state index in [1.807, 2.05) is 13.0 Å². The zero-order valence-corrected chi connectivity index (χ0v) is 31.3. The van der Waals surface area contributed by atoms with Crippen LogP contribution in [0.3, 0.4) is 0 Å². The number of allylic oxidation sites excluding steroid dienone is 2. The van der Waals surface area contributed by atoms with Crippen molar-refractivity contribution >= 4 is 17.3 Å². The molecule has 0 aromatic heterocycles. The van der Waals surface area contributed by atoms with E-state index in [2.05, 4.69) is 44.9 Å². The second kappa shape index (κ2) is 26.7. The average molecular weight is 659 g/mol. The number of nitrogens with one attached hydrogen (secondary N) is 1. The fraction of sp³-hybridized carbons (Fsp3) is 0.711. The zero-order chi connectivity index (χ0) is 36.5. The Hall–Kier alpha value is -2.35. The molecule has 2 atom stereocenters. The summed E-state index contributed by atoms with van der Waals surface area (Å²) in [6.07, 6.45) is 9.73. The maximum absolute atomic E-state index is 13.6. The van der Waals surface area contributed by atoms with Crippen LogP contribution in [0.2, 0.25) is 0 Å². The number of aliphatic imine (C=N–C) groups is 1. The number of carbonyl (C=O) groups excluding carboxylic acids is 2. The standard InChI is InChI=1S/C12H14F4.C9H15NO.C9H19N.C5H12.C3H6O/c1-4-8-5-9(11(2,3)13)7-10(6-8)12(14,15)16;1-5-7(2)6-9(10-4)8(3)11;1-3-8-6-5-7-9(4-2)10-8;1-3-5-4-2;1-3(2)4/h5-7H,4H2,1-3H3;6H,5H2,1-4H3;8-10H,3-7H2,1-2H3;3-5H2,1-2H3;1-2H3/b;7-6+,10-9?;;;. The van der Waals surface area contributed by atoms with Crippen LogP contribution in [0.5, 0.6) is 0 Å². The SMILES string of the molecule is CC(C)=O.CC/C(C)=C/C(=NC)C(C)=O.CCC1CCCC(CC)N1.CCCCC.CCc1cc(C(C)(C)F)cc(C(F)(F)F)c1. The van der Waals surface area contributed by atoms with Crippen LogP contribution in [0.15, 0.2) is 34.8 Å². The first kappa shape index (κ1) is 48.1. The quantitative estimate of drug-likeness (QED) is 0.212. The van der Waals surface area contributed by atoms with Crippen LogP contribution in [-0.2, 0) is 27.9 Å². The Morgan fingerprint density at radius 2 is 1.30 bits per heavy atom. The number of alkyl halides is 4. The number of benzene rings is 1. The number of ketones is 2. The van der Waals surface area contributed by atoms with Crippen molar-refractivity contribution in [2.24, 2.45) is 4.99 Å². The Balaban J connectivity index is -0.000000544. The molecule has 268 valence electrons. The summed E-state index contributed by atoms with van der Waals surface area (Å²) in [6, 6.07) is 5.06. The van der Waals surface area contributed by atoms with E-state index in [1.54, 1.807) is 14.0 Å². The van der Waals surface area contributed by atoms with E-state index in [1.165, 1.54) is 97.6 Å². The third-order valence-corrected chi connectivity index (χ3v) is 7.23.